The van der Waals surface area contributed by atoms with Crippen LogP contribution in [0.5, 0.6) is 0 Å². The molecule has 1 atom stereocenters. The Kier molecular flexibility index (Phi) is 5.16. The van der Waals surface area contributed by atoms with Crippen LogP contribution in [0.15, 0.2) is 63.9 Å². The summed E-state index contributed by atoms with van der Waals surface area (Å²) in [6.45, 7) is 1.79. The minimum atomic E-state index is -0.513. The van der Waals surface area contributed by atoms with E-state index in [2.05, 4.69) is 10.3 Å². The number of hydrogen-bond donors (Lipinski definition) is 1. The smallest absolute Gasteiger partial charge is 0.307 e. The predicted octanol–water partition coefficient (Wildman–Crippen LogP) is 4.20. The van der Waals surface area contributed by atoms with E-state index in [1.165, 1.54) is 11.8 Å². The van der Waals surface area contributed by atoms with Crippen molar-refractivity contribution >= 4 is 29.3 Å². The van der Waals surface area contributed by atoms with Crippen molar-refractivity contribution in [2.45, 2.75) is 30.1 Å². The van der Waals surface area contributed by atoms with Gasteiger partial charge in [-0.15, -0.1) is 11.8 Å². The quantitative estimate of drug-likeness (QED) is 0.653. The third-order valence-corrected chi connectivity index (χ3v) is 5.62. The molecule has 7 heteroatoms. The molecular weight excluding hydrogens is 376 g/mol. The number of nitrogens with one attached hydrogen (secondary N) is 1. The number of hydrogen-bond acceptors (Lipinski definition) is 6. The minimum Gasteiger partial charge on any atom is -0.459 e. The number of oxazole rings is 1. The Morgan fingerprint density at radius 1 is 1.18 bits per heavy atom. The van der Waals surface area contributed by atoms with Gasteiger partial charge in [0, 0.05) is 10.5 Å². The Labute approximate surface area is 166 Å². The molecule has 1 aliphatic rings. The molecule has 0 saturated heterocycles. The second kappa shape index (κ2) is 7.90. The number of aromatic nitrogens is 1. The van der Waals surface area contributed by atoms with Crippen LogP contribution in [0, 0.1) is 6.92 Å². The average molecular weight is 394 g/mol. The van der Waals surface area contributed by atoms with Gasteiger partial charge < -0.3 is 14.5 Å². The highest BCUT2D eigenvalue weighted by atomic mass is 32.2. The molecule has 1 unspecified atom stereocenters. The molecule has 0 saturated carbocycles. The first-order chi connectivity index (χ1) is 13.6. The van der Waals surface area contributed by atoms with Crippen LogP contribution in [0.2, 0.25) is 0 Å². The maximum Gasteiger partial charge on any atom is 0.307 e. The third kappa shape index (κ3) is 3.94. The Bertz CT molecular complexity index is 1020. The van der Waals surface area contributed by atoms with Crippen molar-refractivity contribution in [3.05, 3.63) is 66.1 Å². The second-order valence-electron chi connectivity index (χ2n) is 6.34. The Morgan fingerprint density at radius 3 is 2.75 bits per heavy atom. The lowest BCUT2D eigenvalue weighted by molar-refractivity contribution is -0.145. The van der Waals surface area contributed by atoms with Gasteiger partial charge in [0.15, 0.2) is 0 Å². The van der Waals surface area contributed by atoms with Crippen molar-refractivity contribution in [1.82, 2.24) is 4.98 Å². The van der Waals surface area contributed by atoms with Crippen molar-refractivity contribution < 1.29 is 18.7 Å². The van der Waals surface area contributed by atoms with Crippen molar-refractivity contribution in [2.75, 3.05) is 5.32 Å². The highest BCUT2D eigenvalue weighted by molar-refractivity contribution is 8.01. The molecular formula is C21H18N2O4S. The first-order valence-electron chi connectivity index (χ1n) is 8.84. The molecule has 0 radical (unpaired) electrons. The number of nitrogens with zero attached hydrogens (tertiary/aromatic N) is 1. The minimum absolute atomic E-state index is 0.00667. The van der Waals surface area contributed by atoms with E-state index in [0.717, 1.165) is 16.1 Å². The summed E-state index contributed by atoms with van der Waals surface area (Å²) in [5.41, 5.74) is 2.20. The van der Waals surface area contributed by atoms with Crippen molar-refractivity contribution in [2.24, 2.45) is 0 Å². The van der Waals surface area contributed by atoms with Gasteiger partial charge in [0.1, 0.15) is 18.1 Å². The summed E-state index contributed by atoms with van der Waals surface area (Å²) >= 11 is 1.37. The number of anilines is 1. The standard InChI is InChI=1S/C21H18N2O4S/c1-13-16(23-21(27-13)14-7-3-2-4-8-14)12-26-19(24)11-18-20(25)22-15-9-5-6-10-17(15)28-18/h2-10,18H,11-12H2,1H3,(H,22,25). The SMILES string of the molecule is Cc1oc(-c2ccccc2)nc1COC(=O)CC1Sc2ccccc2NC1=O. The number of rotatable bonds is 5. The number of amides is 1. The summed E-state index contributed by atoms with van der Waals surface area (Å²) in [7, 11) is 0. The summed E-state index contributed by atoms with van der Waals surface area (Å²) in [6, 6.07) is 17.0. The molecule has 1 N–H and O–H groups in total. The molecule has 1 aromatic heterocycles. The number of esters is 1. The summed E-state index contributed by atoms with van der Waals surface area (Å²) in [5.74, 6) is 0.452. The number of ether oxygens (including phenoxy) is 1. The highest BCUT2D eigenvalue weighted by Crippen LogP contribution is 2.36. The van der Waals surface area contributed by atoms with Gasteiger partial charge in [0.25, 0.3) is 0 Å². The highest BCUT2D eigenvalue weighted by Gasteiger charge is 2.29. The fourth-order valence-corrected chi connectivity index (χ4v) is 3.95. The summed E-state index contributed by atoms with van der Waals surface area (Å²) in [6.07, 6.45) is -0.00667. The average Bonchev–Trinajstić information content (AvgIpc) is 3.08. The van der Waals surface area contributed by atoms with Gasteiger partial charge in [-0.2, -0.15) is 0 Å². The number of benzene rings is 2. The monoisotopic (exact) mass is 394 g/mol. The van der Waals surface area contributed by atoms with Crippen LogP contribution < -0.4 is 5.32 Å². The first-order valence-corrected chi connectivity index (χ1v) is 9.72. The lowest BCUT2D eigenvalue weighted by Gasteiger charge is -2.23. The lowest BCUT2D eigenvalue weighted by atomic mass is 10.2. The molecule has 0 bridgehead atoms. The van der Waals surface area contributed by atoms with Gasteiger partial charge in [-0.05, 0) is 31.2 Å². The molecule has 0 aliphatic carbocycles. The van der Waals surface area contributed by atoms with E-state index in [9.17, 15) is 9.59 Å². The number of thioether (sulfide) groups is 1. The molecule has 2 heterocycles. The van der Waals surface area contributed by atoms with Crippen LogP contribution in [-0.2, 0) is 20.9 Å². The molecule has 0 fully saturated rings. The van der Waals surface area contributed by atoms with E-state index < -0.39 is 11.2 Å². The Morgan fingerprint density at radius 2 is 1.93 bits per heavy atom. The van der Waals surface area contributed by atoms with Gasteiger partial charge in [0.05, 0.1) is 17.4 Å². The van der Waals surface area contributed by atoms with Gasteiger partial charge >= 0.3 is 5.97 Å². The largest absolute Gasteiger partial charge is 0.459 e. The Balaban J connectivity index is 1.36. The number of carbonyl (C=O) groups is 2. The van der Waals surface area contributed by atoms with Gasteiger partial charge in [0.2, 0.25) is 11.8 Å². The molecule has 1 aliphatic heterocycles. The first kappa shape index (κ1) is 18.3. The third-order valence-electron chi connectivity index (χ3n) is 4.34. The van der Waals surface area contributed by atoms with Crippen LogP contribution in [0.3, 0.4) is 0 Å². The number of para-hydroxylation sites is 1. The van der Waals surface area contributed by atoms with Gasteiger partial charge in [-0.3, -0.25) is 9.59 Å². The summed E-state index contributed by atoms with van der Waals surface area (Å²) < 4.78 is 11.0. The molecule has 28 heavy (non-hydrogen) atoms. The van der Waals surface area contributed by atoms with E-state index in [1.807, 2.05) is 54.6 Å². The number of aryl methyl sites for hydroxylation is 1. The zero-order valence-electron chi connectivity index (χ0n) is 15.2. The van der Waals surface area contributed by atoms with Crippen LogP contribution >= 0.6 is 11.8 Å². The molecule has 1 amide bonds. The Hall–Kier alpha value is -3.06. The van der Waals surface area contributed by atoms with E-state index in [1.54, 1.807) is 6.92 Å². The molecule has 0 spiro atoms. The van der Waals surface area contributed by atoms with E-state index >= 15 is 0 Å². The van der Waals surface area contributed by atoms with Crippen molar-refractivity contribution in [3.63, 3.8) is 0 Å². The zero-order valence-corrected chi connectivity index (χ0v) is 16.0. The number of carbonyl (C=O) groups excluding carboxylic acids is 2. The lowest BCUT2D eigenvalue weighted by Crippen LogP contribution is -2.31. The number of fused-ring (bicyclic) bond motifs is 1. The van der Waals surface area contributed by atoms with Crippen LogP contribution in [0.25, 0.3) is 11.5 Å². The van der Waals surface area contributed by atoms with E-state index in [4.69, 9.17) is 9.15 Å². The summed E-state index contributed by atoms with van der Waals surface area (Å²) in [4.78, 5) is 29.8. The predicted molar refractivity (Wildman–Crippen MR) is 106 cm³/mol. The maximum absolute atomic E-state index is 12.3. The molecule has 4 rings (SSSR count). The van der Waals surface area contributed by atoms with Crippen molar-refractivity contribution in [3.8, 4) is 11.5 Å². The molecule has 2 aromatic carbocycles. The van der Waals surface area contributed by atoms with Gasteiger partial charge in [-0.25, -0.2) is 4.98 Å². The van der Waals surface area contributed by atoms with Crippen LogP contribution in [0.4, 0.5) is 5.69 Å². The van der Waals surface area contributed by atoms with Gasteiger partial charge in [-0.1, -0.05) is 30.3 Å². The normalized spacial score (nSPS) is 15.6. The fraction of sp³-hybridized carbons (Fsp3) is 0.190. The fourth-order valence-electron chi connectivity index (χ4n) is 2.85. The topological polar surface area (TPSA) is 81.4 Å². The van der Waals surface area contributed by atoms with E-state index in [-0.39, 0.29) is 18.9 Å². The zero-order chi connectivity index (χ0) is 19.5. The van der Waals surface area contributed by atoms with Crippen LogP contribution in [0.1, 0.15) is 17.9 Å². The van der Waals surface area contributed by atoms with E-state index in [0.29, 0.717) is 17.3 Å². The molecule has 142 valence electrons. The summed E-state index contributed by atoms with van der Waals surface area (Å²) in [5, 5.41) is 2.31. The van der Waals surface area contributed by atoms with Crippen LogP contribution in [-0.4, -0.2) is 22.1 Å². The molecule has 6 nitrogen and oxygen atoms in total. The second-order valence-corrected chi connectivity index (χ2v) is 7.59. The maximum atomic E-state index is 12.3. The van der Waals surface area contributed by atoms with Crippen molar-refractivity contribution in [1.29, 1.82) is 0 Å². The molecule has 3 aromatic rings.